The number of nitrogens with zero attached hydrogens (tertiary/aromatic N) is 2. The largest absolute Gasteiger partial charge is 0.309 e. The van der Waals surface area contributed by atoms with Crippen molar-refractivity contribution in [3.63, 3.8) is 0 Å². The van der Waals surface area contributed by atoms with E-state index in [1.165, 1.54) is 6.07 Å². The second-order valence-corrected chi connectivity index (χ2v) is 5.85. The van der Waals surface area contributed by atoms with Crippen LogP contribution in [-0.2, 0) is 13.0 Å². The van der Waals surface area contributed by atoms with Crippen molar-refractivity contribution < 1.29 is 4.39 Å². The lowest BCUT2D eigenvalue weighted by molar-refractivity contribution is 0.488. The molecule has 0 amide bonds. The van der Waals surface area contributed by atoms with Gasteiger partial charge in [0.15, 0.2) is 0 Å². The number of aromatic nitrogens is 2. The van der Waals surface area contributed by atoms with Gasteiger partial charge in [0, 0.05) is 6.54 Å². The number of benzene rings is 1. The van der Waals surface area contributed by atoms with Crippen molar-refractivity contribution in [1.82, 2.24) is 15.1 Å². The van der Waals surface area contributed by atoms with Gasteiger partial charge in [0.25, 0.3) is 0 Å². The van der Waals surface area contributed by atoms with Crippen LogP contribution < -0.4 is 5.32 Å². The molecule has 1 heterocycles. The third-order valence-corrected chi connectivity index (χ3v) is 4.38. The molecule has 0 fully saturated rings. The first-order valence-electron chi connectivity index (χ1n) is 7.27. The number of halogens is 2. The molecule has 1 N–H and O–H groups in total. The van der Waals surface area contributed by atoms with Gasteiger partial charge in [-0.15, -0.1) is 0 Å². The zero-order valence-electron chi connectivity index (χ0n) is 12.7. The molecule has 0 saturated heterocycles. The van der Waals surface area contributed by atoms with Crippen molar-refractivity contribution in [2.45, 2.75) is 39.8 Å². The Hall–Kier alpha value is -1.20. The highest BCUT2D eigenvalue weighted by Crippen LogP contribution is 2.26. The van der Waals surface area contributed by atoms with E-state index < -0.39 is 0 Å². The summed E-state index contributed by atoms with van der Waals surface area (Å²) in [6.07, 6.45) is 0.720. The molecule has 5 heteroatoms. The van der Waals surface area contributed by atoms with E-state index in [2.05, 4.69) is 46.3 Å². The molecule has 0 aliphatic rings. The smallest absolute Gasteiger partial charge is 0.137 e. The zero-order chi connectivity index (χ0) is 15.4. The molecule has 21 heavy (non-hydrogen) atoms. The molecule has 1 atom stereocenters. The molecule has 2 aromatic rings. The maximum absolute atomic E-state index is 13.7. The topological polar surface area (TPSA) is 29.9 Å². The minimum atomic E-state index is -0.220. The van der Waals surface area contributed by atoms with Crippen molar-refractivity contribution in [2.75, 3.05) is 6.54 Å². The Balaban J connectivity index is 2.32. The first-order valence-corrected chi connectivity index (χ1v) is 8.06. The number of hydrogen-bond acceptors (Lipinski definition) is 2. The summed E-state index contributed by atoms with van der Waals surface area (Å²) < 4.78 is 16.2. The molecule has 1 aromatic heterocycles. The summed E-state index contributed by atoms with van der Waals surface area (Å²) in [7, 11) is 0. The Kier molecular flexibility index (Phi) is 5.53. The molecule has 0 radical (unpaired) electrons. The van der Waals surface area contributed by atoms with Crippen LogP contribution in [0.1, 0.15) is 36.8 Å². The second-order valence-electron chi connectivity index (χ2n) is 5.05. The van der Waals surface area contributed by atoms with Crippen LogP contribution in [-0.4, -0.2) is 16.3 Å². The SMILES string of the molecule is CCNC(Cc1cccc(F)c1Br)c1cc(C)nn1CC. The molecule has 1 unspecified atom stereocenters. The van der Waals surface area contributed by atoms with Gasteiger partial charge >= 0.3 is 0 Å². The van der Waals surface area contributed by atoms with Gasteiger partial charge in [0.05, 0.1) is 21.9 Å². The Morgan fingerprint density at radius 2 is 2.14 bits per heavy atom. The van der Waals surface area contributed by atoms with E-state index in [4.69, 9.17) is 0 Å². The van der Waals surface area contributed by atoms with Crippen LogP contribution in [0, 0.1) is 12.7 Å². The average molecular weight is 354 g/mol. The molecule has 3 nitrogen and oxygen atoms in total. The highest BCUT2D eigenvalue weighted by Gasteiger charge is 2.18. The van der Waals surface area contributed by atoms with Crippen LogP contribution in [0.25, 0.3) is 0 Å². The fourth-order valence-electron chi connectivity index (χ4n) is 2.55. The van der Waals surface area contributed by atoms with Gasteiger partial charge in [-0.05, 0) is 60.4 Å². The van der Waals surface area contributed by atoms with Gasteiger partial charge < -0.3 is 5.32 Å². The van der Waals surface area contributed by atoms with Crippen LogP contribution >= 0.6 is 15.9 Å². The van der Waals surface area contributed by atoms with Gasteiger partial charge in [-0.25, -0.2) is 4.39 Å². The van der Waals surface area contributed by atoms with E-state index >= 15 is 0 Å². The molecule has 0 saturated carbocycles. The summed E-state index contributed by atoms with van der Waals surface area (Å²) in [5, 5.41) is 7.98. The Labute approximate surface area is 133 Å². The molecule has 0 aliphatic carbocycles. The predicted molar refractivity (Wildman–Crippen MR) is 86.9 cm³/mol. The molecule has 1 aromatic carbocycles. The Morgan fingerprint density at radius 3 is 2.81 bits per heavy atom. The van der Waals surface area contributed by atoms with E-state index in [9.17, 15) is 4.39 Å². The average Bonchev–Trinajstić information content (AvgIpc) is 2.84. The fraction of sp³-hybridized carbons (Fsp3) is 0.438. The molecule has 114 valence electrons. The summed E-state index contributed by atoms with van der Waals surface area (Å²) in [6, 6.07) is 7.40. The van der Waals surface area contributed by atoms with Crippen molar-refractivity contribution >= 4 is 15.9 Å². The highest BCUT2D eigenvalue weighted by molar-refractivity contribution is 9.10. The van der Waals surface area contributed by atoms with Gasteiger partial charge in [-0.2, -0.15) is 5.10 Å². The third kappa shape index (κ3) is 3.71. The molecule has 0 aliphatic heterocycles. The quantitative estimate of drug-likeness (QED) is 0.850. The van der Waals surface area contributed by atoms with E-state index in [1.54, 1.807) is 6.07 Å². The van der Waals surface area contributed by atoms with E-state index in [1.807, 2.05) is 17.7 Å². The monoisotopic (exact) mass is 353 g/mol. The number of likely N-dealkylation sites (N-methyl/N-ethyl adjacent to an activating group) is 1. The van der Waals surface area contributed by atoms with Gasteiger partial charge in [0.1, 0.15) is 5.82 Å². The molecule has 0 spiro atoms. The maximum Gasteiger partial charge on any atom is 0.137 e. The minimum absolute atomic E-state index is 0.120. The Morgan fingerprint density at radius 1 is 1.38 bits per heavy atom. The fourth-order valence-corrected chi connectivity index (χ4v) is 2.98. The van der Waals surface area contributed by atoms with E-state index in [0.717, 1.165) is 36.5 Å². The summed E-state index contributed by atoms with van der Waals surface area (Å²) in [4.78, 5) is 0. The lowest BCUT2D eigenvalue weighted by Gasteiger charge is -2.20. The van der Waals surface area contributed by atoms with Crippen molar-refractivity contribution in [3.8, 4) is 0 Å². The van der Waals surface area contributed by atoms with Crippen LogP contribution in [0.3, 0.4) is 0 Å². The van der Waals surface area contributed by atoms with E-state index in [-0.39, 0.29) is 11.9 Å². The summed E-state index contributed by atoms with van der Waals surface area (Å²) in [6.45, 7) is 7.84. The van der Waals surface area contributed by atoms with Crippen LogP contribution in [0.5, 0.6) is 0 Å². The van der Waals surface area contributed by atoms with Gasteiger partial charge in [-0.3, -0.25) is 4.68 Å². The Bertz CT molecular complexity index is 610. The zero-order valence-corrected chi connectivity index (χ0v) is 14.2. The van der Waals surface area contributed by atoms with Crippen LogP contribution in [0.15, 0.2) is 28.7 Å². The predicted octanol–water partition coefficient (Wildman–Crippen LogP) is 4.01. The highest BCUT2D eigenvalue weighted by atomic mass is 79.9. The molecular weight excluding hydrogens is 333 g/mol. The number of hydrogen-bond donors (Lipinski definition) is 1. The van der Waals surface area contributed by atoms with Crippen molar-refractivity contribution in [2.24, 2.45) is 0 Å². The molecule has 2 rings (SSSR count). The van der Waals surface area contributed by atoms with Crippen LogP contribution in [0.2, 0.25) is 0 Å². The first kappa shape index (κ1) is 16.2. The van der Waals surface area contributed by atoms with E-state index in [0.29, 0.717) is 4.47 Å². The minimum Gasteiger partial charge on any atom is -0.309 e. The van der Waals surface area contributed by atoms with Crippen molar-refractivity contribution in [1.29, 1.82) is 0 Å². The molecule has 0 bridgehead atoms. The standard InChI is InChI=1S/C16H21BrFN3/c1-4-19-14(15-9-11(3)20-21(15)5-2)10-12-7-6-8-13(18)16(12)17/h6-9,14,19H,4-5,10H2,1-3H3. The normalized spacial score (nSPS) is 12.6. The lowest BCUT2D eigenvalue weighted by atomic mass is 10.0. The number of nitrogens with one attached hydrogen (secondary N) is 1. The molecular formula is C16H21BrFN3. The number of aryl methyl sites for hydroxylation is 2. The first-order chi connectivity index (χ1) is 10.1. The third-order valence-electron chi connectivity index (χ3n) is 3.50. The van der Waals surface area contributed by atoms with Crippen LogP contribution in [0.4, 0.5) is 4.39 Å². The summed E-state index contributed by atoms with van der Waals surface area (Å²) in [5.74, 6) is -0.220. The number of rotatable bonds is 6. The van der Waals surface area contributed by atoms with Gasteiger partial charge in [0.2, 0.25) is 0 Å². The summed E-state index contributed by atoms with van der Waals surface area (Å²) in [5.41, 5.74) is 3.11. The van der Waals surface area contributed by atoms with Gasteiger partial charge in [-0.1, -0.05) is 19.1 Å². The second kappa shape index (κ2) is 7.18. The summed E-state index contributed by atoms with van der Waals surface area (Å²) >= 11 is 3.35. The maximum atomic E-state index is 13.7. The lowest BCUT2D eigenvalue weighted by Crippen LogP contribution is -2.25. The van der Waals surface area contributed by atoms with Crippen molar-refractivity contribution in [3.05, 3.63) is 51.5 Å².